The van der Waals surface area contributed by atoms with E-state index < -0.39 is 0 Å². The molecule has 0 aliphatic rings. The van der Waals surface area contributed by atoms with E-state index in [4.69, 9.17) is 23.2 Å². The third-order valence-corrected chi connectivity index (χ3v) is 3.30. The molecule has 0 bridgehead atoms. The van der Waals surface area contributed by atoms with E-state index in [0.29, 0.717) is 11.4 Å². The van der Waals surface area contributed by atoms with Gasteiger partial charge >= 0.3 is 0 Å². The predicted molar refractivity (Wildman–Crippen MR) is 73.9 cm³/mol. The Morgan fingerprint density at radius 1 is 1.24 bits per heavy atom. The summed E-state index contributed by atoms with van der Waals surface area (Å²) >= 11 is 12.0. The van der Waals surface area contributed by atoms with E-state index in [9.17, 15) is 4.79 Å². The summed E-state index contributed by atoms with van der Waals surface area (Å²) in [5, 5.41) is 1.41. The number of rotatable bonds is 4. The molecule has 94 valence electrons. The van der Waals surface area contributed by atoms with Gasteiger partial charge in [-0.05, 0) is 36.6 Å². The van der Waals surface area contributed by atoms with Crippen molar-refractivity contribution < 1.29 is 4.79 Å². The Kier molecular flexibility index (Phi) is 5.03. The lowest BCUT2D eigenvalue weighted by molar-refractivity contribution is -0.126. The topological polar surface area (TPSA) is 17.1 Å². The highest BCUT2D eigenvalue weighted by Crippen LogP contribution is 2.23. The average molecular weight is 273 g/mol. The van der Waals surface area contributed by atoms with Crippen LogP contribution in [0.4, 0.5) is 0 Å². The zero-order valence-electron chi connectivity index (χ0n) is 10.5. The Hall–Kier alpha value is -0.530. The van der Waals surface area contributed by atoms with E-state index in [1.54, 1.807) is 12.1 Å². The quantitative estimate of drug-likeness (QED) is 0.760. The van der Waals surface area contributed by atoms with Gasteiger partial charge in [0, 0.05) is 21.9 Å². The molecule has 17 heavy (non-hydrogen) atoms. The van der Waals surface area contributed by atoms with E-state index in [0.717, 1.165) is 23.4 Å². The van der Waals surface area contributed by atoms with Crippen molar-refractivity contribution in [1.29, 1.82) is 0 Å². The molecule has 0 aliphatic heterocycles. The molecule has 0 aromatic heterocycles. The van der Waals surface area contributed by atoms with E-state index in [-0.39, 0.29) is 11.2 Å². The first kappa shape index (κ1) is 14.5. The van der Waals surface area contributed by atoms with Crippen molar-refractivity contribution in [3.05, 3.63) is 33.8 Å². The van der Waals surface area contributed by atoms with Crippen LogP contribution in [0.5, 0.6) is 0 Å². The predicted octanol–water partition coefficient (Wildman–Crippen LogP) is 4.93. The van der Waals surface area contributed by atoms with Crippen molar-refractivity contribution in [2.75, 3.05) is 0 Å². The molecule has 0 amide bonds. The van der Waals surface area contributed by atoms with Crippen molar-refractivity contribution in [2.45, 2.75) is 40.0 Å². The molecule has 0 saturated carbocycles. The molecule has 1 nitrogen and oxygen atoms in total. The molecule has 0 N–H and O–H groups in total. The maximum Gasteiger partial charge on any atom is 0.138 e. The maximum absolute atomic E-state index is 11.7. The van der Waals surface area contributed by atoms with Gasteiger partial charge in [-0.1, -0.05) is 44.0 Å². The second-order valence-corrected chi connectivity index (χ2v) is 6.11. The third-order valence-electron chi connectivity index (χ3n) is 2.69. The van der Waals surface area contributed by atoms with Crippen LogP contribution in [0.15, 0.2) is 18.2 Å². The van der Waals surface area contributed by atoms with Gasteiger partial charge in [0.15, 0.2) is 0 Å². The van der Waals surface area contributed by atoms with Crippen LogP contribution in [0, 0.1) is 5.41 Å². The normalized spacial score (nSPS) is 11.6. The average Bonchev–Trinajstić information content (AvgIpc) is 2.21. The highest BCUT2D eigenvalue weighted by Gasteiger charge is 2.20. The molecule has 1 rings (SSSR count). The van der Waals surface area contributed by atoms with Crippen molar-refractivity contribution in [3.63, 3.8) is 0 Å². The minimum absolute atomic E-state index is 0.252. The second-order valence-electron chi connectivity index (χ2n) is 5.26. The Morgan fingerprint density at radius 3 is 2.47 bits per heavy atom. The third kappa shape index (κ3) is 4.69. The lowest BCUT2D eigenvalue weighted by Crippen LogP contribution is -2.19. The first-order valence-corrected chi connectivity index (χ1v) is 6.53. The highest BCUT2D eigenvalue weighted by atomic mass is 35.5. The molecule has 0 aliphatic carbocycles. The summed E-state index contributed by atoms with van der Waals surface area (Å²) < 4.78 is 0. The molecule has 0 saturated heterocycles. The van der Waals surface area contributed by atoms with Crippen LogP contribution in [0.1, 0.15) is 39.2 Å². The van der Waals surface area contributed by atoms with Crippen LogP contribution in [0.25, 0.3) is 0 Å². The molecular formula is C14H18Cl2O. The van der Waals surface area contributed by atoms with E-state index >= 15 is 0 Å². The summed E-state index contributed by atoms with van der Waals surface area (Å²) in [4.78, 5) is 11.7. The number of halogens is 2. The van der Waals surface area contributed by atoms with Crippen LogP contribution < -0.4 is 0 Å². The fourth-order valence-electron chi connectivity index (χ4n) is 1.55. The van der Waals surface area contributed by atoms with Crippen molar-refractivity contribution in [3.8, 4) is 0 Å². The zero-order chi connectivity index (χ0) is 13.1. The minimum Gasteiger partial charge on any atom is -0.299 e. The fraction of sp³-hybridized carbons (Fsp3) is 0.500. The molecule has 1 aromatic rings. The van der Waals surface area contributed by atoms with E-state index in [2.05, 4.69) is 0 Å². The highest BCUT2D eigenvalue weighted by molar-refractivity contribution is 6.33. The van der Waals surface area contributed by atoms with Gasteiger partial charge in [0.25, 0.3) is 0 Å². The first-order chi connectivity index (χ1) is 7.80. The number of aryl methyl sites for hydroxylation is 1. The molecule has 1 aromatic carbocycles. The number of ketones is 1. The van der Waals surface area contributed by atoms with Gasteiger partial charge in [0.2, 0.25) is 0 Å². The lowest BCUT2D eigenvalue weighted by atomic mass is 9.87. The summed E-state index contributed by atoms with van der Waals surface area (Å²) in [7, 11) is 0. The van der Waals surface area contributed by atoms with Gasteiger partial charge in [-0.25, -0.2) is 0 Å². The van der Waals surface area contributed by atoms with E-state index in [1.807, 2.05) is 26.8 Å². The summed E-state index contributed by atoms with van der Waals surface area (Å²) in [6.07, 6.45) is 2.20. The summed E-state index contributed by atoms with van der Waals surface area (Å²) in [5.74, 6) is 0.288. The van der Waals surface area contributed by atoms with Crippen LogP contribution in [0.2, 0.25) is 10.0 Å². The van der Waals surface area contributed by atoms with Gasteiger partial charge in [-0.15, -0.1) is 0 Å². The van der Waals surface area contributed by atoms with Crippen molar-refractivity contribution >= 4 is 29.0 Å². The lowest BCUT2D eigenvalue weighted by Gasteiger charge is -2.16. The number of carbonyl (C=O) groups excluding carboxylic acids is 1. The molecule has 0 heterocycles. The Bertz CT molecular complexity index is 405. The largest absolute Gasteiger partial charge is 0.299 e. The van der Waals surface area contributed by atoms with Crippen LogP contribution >= 0.6 is 23.2 Å². The molecule has 0 radical (unpaired) electrons. The van der Waals surface area contributed by atoms with Crippen LogP contribution in [0.3, 0.4) is 0 Å². The number of carbonyl (C=O) groups is 1. The minimum atomic E-state index is -0.252. The first-order valence-electron chi connectivity index (χ1n) is 5.78. The molecule has 0 atom stereocenters. The zero-order valence-corrected chi connectivity index (χ0v) is 12.0. The fourth-order valence-corrected chi connectivity index (χ4v) is 1.96. The van der Waals surface area contributed by atoms with Crippen LogP contribution in [-0.4, -0.2) is 5.78 Å². The standard InChI is InChI=1S/C14H18Cl2O/c1-14(2,3)13(17)6-4-5-10-9-11(15)7-8-12(10)16/h7-9H,4-6H2,1-3H3. The SMILES string of the molecule is CC(C)(C)C(=O)CCCc1cc(Cl)ccc1Cl. The monoisotopic (exact) mass is 272 g/mol. The summed E-state index contributed by atoms with van der Waals surface area (Å²) in [5.41, 5.74) is 0.763. The van der Waals surface area contributed by atoms with E-state index in [1.165, 1.54) is 0 Å². The van der Waals surface area contributed by atoms with Gasteiger partial charge in [-0.3, -0.25) is 4.79 Å². The maximum atomic E-state index is 11.7. The van der Waals surface area contributed by atoms with Crippen molar-refractivity contribution in [1.82, 2.24) is 0 Å². The molecule has 0 fully saturated rings. The second kappa shape index (κ2) is 5.88. The van der Waals surface area contributed by atoms with Crippen LogP contribution in [-0.2, 0) is 11.2 Å². The number of hydrogen-bond donors (Lipinski definition) is 0. The van der Waals surface area contributed by atoms with Gasteiger partial charge < -0.3 is 0 Å². The van der Waals surface area contributed by atoms with Gasteiger partial charge in [0.1, 0.15) is 5.78 Å². The smallest absolute Gasteiger partial charge is 0.138 e. The summed E-state index contributed by atoms with van der Waals surface area (Å²) in [6, 6.07) is 5.43. The molecule has 0 unspecified atom stereocenters. The Balaban J connectivity index is 2.52. The molecule has 3 heteroatoms. The number of Topliss-reactive ketones (excluding diaryl/α,β-unsaturated/α-hetero) is 1. The Morgan fingerprint density at radius 2 is 1.88 bits per heavy atom. The summed E-state index contributed by atoms with van der Waals surface area (Å²) in [6.45, 7) is 5.84. The van der Waals surface area contributed by atoms with Crippen molar-refractivity contribution in [2.24, 2.45) is 5.41 Å². The number of benzene rings is 1. The molecular weight excluding hydrogens is 255 g/mol. The Labute approximate surface area is 113 Å². The van der Waals surface area contributed by atoms with Gasteiger partial charge in [0.05, 0.1) is 0 Å². The van der Waals surface area contributed by atoms with Gasteiger partial charge in [-0.2, -0.15) is 0 Å². The number of hydrogen-bond acceptors (Lipinski definition) is 1. The molecule has 0 spiro atoms.